The van der Waals surface area contributed by atoms with Crippen molar-refractivity contribution in [3.05, 3.63) is 125 Å². The number of para-hydroxylation sites is 1. The highest BCUT2D eigenvalue weighted by Gasteiger charge is 2.56. The average Bonchev–Trinajstić information content (AvgIpc) is 4.04. The molecule has 1 aliphatic carbocycles. The molecule has 7 aliphatic rings. The number of rotatable bonds is 10. The van der Waals surface area contributed by atoms with E-state index in [1.807, 2.05) is 21.6 Å². The van der Waals surface area contributed by atoms with Crippen molar-refractivity contribution in [1.82, 2.24) is 44.4 Å². The van der Waals surface area contributed by atoms with Crippen molar-refractivity contribution >= 4 is 75.3 Å². The van der Waals surface area contributed by atoms with Crippen LogP contribution in [0.4, 0.5) is 27.3 Å². The van der Waals surface area contributed by atoms with Gasteiger partial charge in [-0.3, -0.25) is 48.8 Å². The van der Waals surface area contributed by atoms with E-state index in [4.69, 9.17) is 9.97 Å². The number of hydrogen-bond acceptors (Lipinski definition) is 13. The molecule has 9 heterocycles. The van der Waals surface area contributed by atoms with Crippen molar-refractivity contribution in [3.8, 4) is 11.3 Å². The Balaban J connectivity index is 0.693. The minimum absolute atomic E-state index is 0.0282. The van der Waals surface area contributed by atoms with Gasteiger partial charge in [0.1, 0.15) is 23.1 Å². The number of carbonyl (C=O) groups is 7. The fourth-order valence-corrected chi connectivity index (χ4v) is 13.2. The third-order valence-corrected chi connectivity index (χ3v) is 17.8. The van der Waals surface area contributed by atoms with Gasteiger partial charge in [-0.2, -0.15) is 0 Å². The van der Waals surface area contributed by atoms with E-state index >= 15 is 9.18 Å². The van der Waals surface area contributed by atoms with Crippen molar-refractivity contribution < 1.29 is 38.0 Å². The molecule has 1 unspecified atom stereocenters. The standard InChI is InChI=1S/C60H61FN12O7/c1-35(2)71-34-63-48-32-47(65-53(52(48)71)64-45-9-5-4-8-44(45)61)36-10-14-43-50(28-36)72(40-29-39(30-40)67-20-6-3-7-21-67)59(80)60(43)18-22-69(23-19-60)55(76)37-11-15-46(62-33-37)58(79)70-26-24-68(25-27-70)38-12-13-41-42(31-38)57(78)73(56(41)77)49-16-17-51(74)66-54(49)75/h4-5,8-15,28,31-35,39-40,49H,3,6-7,16-27,29-30H2,1-2H3,(H,64,65)(H,66,74,75). The Morgan fingerprint density at radius 1 is 0.750 bits per heavy atom. The quantitative estimate of drug-likeness (QED) is 0.135. The van der Waals surface area contributed by atoms with Crippen molar-refractivity contribution in [2.24, 2.45) is 0 Å². The lowest BCUT2D eigenvalue weighted by Gasteiger charge is -2.48. The van der Waals surface area contributed by atoms with E-state index in [0.717, 1.165) is 53.2 Å². The summed E-state index contributed by atoms with van der Waals surface area (Å²) in [5.41, 5.74) is 5.84. The van der Waals surface area contributed by atoms with Crippen LogP contribution in [-0.2, 0) is 19.8 Å². The number of imidazole rings is 1. The number of imide groups is 2. The molecule has 20 heteroatoms. The molecule has 410 valence electrons. The second kappa shape index (κ2) is 20.1. The Hall–Kier alpha value is -8.39. The summed E-state index contributed by atoms with van der Waals surface area (Å²) in [6, 6.07) is 22.3. The predicted octanol–water partition coefficient (Wildman–Crippen LogP) is 6.86. The normalized spacial score (nSPS) is 22.1. The van der Waals surface area contributed by atoms with Crippen LogP contribution >= 0.6 is 0 Å². The molecule has 7 amide bonds. The number of piperazine rings is 1. The monoisotopic (exact) mass is 1080 g/mol. The zero-order chi connectivity index (χ0) is 55.1. The maximum atomic E-state index is 15.3. The van der Waals surface area contributed by atoms with Crippen LogP contribution in [0.15, 0.2) is 91.4 Å². The topological polar surface area (TPSA) is 207 Å². The molecule has 5 fully saturated rings. The third kappa shape index (κ3) is 8.65. The van der Waals surface area contributed by atoms with Crippen LogP contribution in [0.3, 0.4) is 0 Å². The van der Waals surface area contributed by atoms with Gasteiger partial charge < -0.3 is 34.4 Å². The molecule has 1 spiro atoms. The van der Waals surface area contributed by atoms with E-state index in [0.29, 0.717) is 92.1 Å². The largest absolute Gasteiger partial charge is 0.368 e. The van der Waals surface area contributed by atoms with Gasteiger partial charge in [-0.15, -0.1) is 0 Å². The molecule has 3 aromatic heterocycles. The van der Waals surface area contributed by atoms with E-state index in [9.17, 15) is 28.8 Å². The van der Waals surface area contributed by atoms with E-state index in [2.05, 4.69) is 51.4 Å². The number of halogens is 1. The van der Waals surface area contributed by atoms with Gasteiger partial charge in [-0.1, -0.05) is 30.7 Å². The zero-order valence-electron chi connectivity index (χ0n) is 44.7. The SMILES string of the molecule is CC(C)n1cnc2cc(-c3ccc4c(c3)N(C3CC(N5CCCCC5)C3)C(=O)C43CCN(C(=O)c4ccc(C(=O)N5CCN(c6ccc7c(c6)C(=O)N(C6CCC(=O)NC6=O)C7=O)CC5)nc4)CC3)nc(Nc3ccccc3F)c21. The lowest BCUT2D eigenvalue weighted by atomic mass is 9.73. The number of benzene rings is 3. The van der Waals surface area contributed by atoms with Gasteiger partial charge in [0.2, 0.25) is 17.7 Å². The molecule has 80 heavy (non-hydrogen) atoms. The van der Waals surface area contributed by atoms with Gasteiger partial charge in [0.25, 0.3) is 23.6 Å². The van der Waals surface area contributed by atoms with Crippen LogP contribution in [-0.4, -0.2) is 151 Å². The third-order valence-electron chi connectivity index (χ3n) is 17.8. The molecular weight excluding hydrogens is 1020 g/mol. The summed E-state index contributed by atoms with van der Waals surface area (Å²) in [4.78, 5) is 120. The van der Waals surface area contributed by atoms with E-state index in [1.165, 1.54) is 31.5 Å². The van der Waals surface area contributed by atoms with Crippen LogP contribution in [0.2, 0.25) is 0 Å². The van der Waals surface area contributed by atoms with Gasteiger partial charge in [-0.05, 0) is 132 Å². The molecule has 4 saturated heterocycles. The highest BCUT2D eigenvalue weighted by molar-refractivity contribution is 6.24. The van der Waals surface area contributed by atoms with Gasteiger partial charge >= 0.3 is 0 Å². The van der Waals surface area contributed by atoms with E-state index < -0.39 is 40.9 Å². The van der Waals surface area contributed by atoms with Gasteiger partial charge in [0, 0.05) is 86.9 Å². The van der Waals surface area contributed by atoms with Crippen LogP contribution < -0.4 is 20.4 Å². The van der Waals surface area contributed by atoms with Crippen molar-refractivity contribution in [3.63, 3.8) is 0 Å². The Labute approximate surface area is 461 Å². The number of likely N-dealkylation sites (tertiary alicyclic amines) is 2. The lowest BCUT2D eigenvalue weighted by Crippen LogP contribution is -2.58. The fraction of sp³-hybridized carbons (Fsp3) is 0.400. The summed E-state index contributed by atoms with van der Waals surface area (Å²) in [7, 11) is 0. The first kappa shape index (κ1) is 51.1. The average molecular weight is 1080 g/mol. The molecule has 1 atom stereocenters. The number of anilines is 4. The Bertz CT molecular complexity index is 3560. The van der Waals surface area contributed by atoms with Gasteiger partial charge in [-0.25, -0.2) is 14.4 Å². The number of nitrogens with zero attached hydrogens (tertiary/aromatic N) is 10. The summed E-state index contributed by atoms with van der Waals surface area (Å²) in [5.74, 6) is -2.62. The summed E-state index contributed by atoms with van der Waals surface area (Å²) in [6.07, 6.45) is 9.64. The fourth-order valence-electron chi connectivity index (χ4n) is 13.2. The number of nitrogens with one attached hydrogen (secondary N) is 2. The van der Waals surface area contributed by atoms with Crippen LogP contribution in [0.1, 0.15) is 125 Å². The minimum Gasteiger partial charge on any atom is -0.368 e. The molecular formula is C60H61FN12O7. The Morgan fingerprint density at radius 3 is 2.23 bits per heavy atom. The van der Waals surface area contributed by atoms with Gasteiger partial charge in [0.05, 0.1) is 45.3 Å². The molecule has 2 N–H and O–H groups in total. The van der Waals surface area contributed by atoms with Crippen molar-refractivity contribution in [1.29, 1.82) is 0 Å². The molecule has 6 aromatic rings. The second-order valence-electron chi connectivity index (χ2n) is 22.6. The number of hydrogen-bond donors (Lipinski definition) is 2. The number of amides is 7. The molecule has 13 rings (SSSR count). The molecule has 3 aromatic carbocycles. The minimum atomic E-state index is -1.05. The number of piperidine rings is 3. The highest BCUT2D eigenvalue weighted by atomic mass is 19.1. The number of carbonyl (C=O) groups excluding carboxylic acids is 7. The van der Waals surface area contributed by atoms with Crippen LogP contribution in [0, 0.1) is 5.82 Å². The Kier molecular flexibility index (Phi) is 12.8. The molecule has 1 saturated carbocycles. The van der Waals surface area contributed by atoms with Gasteiger partial charge in [0.15, 0.2) is 5.82 Å². The molecule has 6 aliphatic heterocycles. The van der Waals surface area contributed by atoms with E-state index in [-0.39, 0.29) is 59.5 Å². The summed E-state index contributed by atoms with van der Waals surface area (Å²) < 4.78 is 17.1. The highest BCUT2D eigenvalue weighted by Crippen LogP contribution is 2.52. The first-order chi connectivity index (χ1) is 38.7. The van der Waals surface area contributed by atoms with Crippen LogP contribution in [0.5, 0.6) is 0 Å². The lowest BCUT2D eigenvalue weighted by molar-refractivity contribution is -0.136. The predicted molar refractivity (Wildman–Crippen MR) is 295 cm³/mol. The van der Waals surface area contributed by atoms with Crippen LogP contribution in [0.25, 0.3) is 22.3 Å². The summed E-state index contributed by atoms with van der Waals surface area (Å²) in [5, 5.41) is 5.48. The molecule has 19 nitrogen and oxygen atoms in total. The second-order valence-corrected chi connectivity index (χ2v) is 22.6. The Morgan fingerprint density at radius 2 is 1.50 bits per heavy atom. The maximum absolute atomic E-state index is 15.3. The molecule has 0 bridgehead atoms. The van der Waals surface area contributed by atoms with E-state index in [1.54, 1.807) is 64.7 Å². The molecule has 0 radical (unpaired) electrons. The smallest absolute Gasteiger partial charge is 0.272 e. The zero-order valence-corrected chi connectivity index (χ0v) is 44.7. The van der Waals surface area contributed by atoms with Crippen molar-refractivity contribution in [2.45, 2.75) is 101 Å². The summed E-state index contributed by atoms with van der Waals surface area (Å²) >= 11 is 0. The number of pyridine rings is 2. The number of aromatic nitrogens is 4. The summed E-state index contributed by atoms with van der Waals surface area (Å²) in [6.45, 7) is 8.59. The number of fused-ring (bicyclic) bond motifs is 4. The maximum Gasteiger partial charge on any atom is 0.272 e. The first-order valence-electron chi connectivity index (χ1n) is 28.0. The first-order valence-corrected chi connectivity index (χ1v) is 28.0. The van der Waals surface area contributed by atoms with Crippen molar-refractivity contribution in [2.75, 3.05) is 67.5 Å².